The molecular weight excluding hydrogens is 667 g/mol. The van der Waals surface area contributed by atoms with Gasteiger partial charge in [-0.1, -0.05) is 177 Å². The minimum absolute atomic E-state index is 0.0143. The smallest absolute Gasteiger partial charge is 0.305 e. The summed E-state index contributed by atoms with van der Waals surface area (Å²) >= 11 is 0. The molecule has 0 N–H and O–H groups in total. The van der Waals surface area contributed by atoms with Crippen molar-refractivity contribution < 1.29 is 19.0 Å². The molecule has 0 aromatic heterocycles. The summed E-state index contributed by atoms with van der Waals surface area (Å²) < 4.78 is 17.3. The van der Waals surface area contributed by atoms with Gasteiger partial charge in [-0.2, -0.15) is 0 Å². The van der Waals surface area contributed by atoms with Crippen LogP contribution >= 0.6 is 0 Å². The number of carbonyl (C=O) groups excluding carboxylic acids is 1. The Bertz CT molecular complexity index is 808. The molecule has 5 nitrogen and oxygen atoms in total. The molecular formula is C49H97NO4. The fraction of sp³-hybridized carbons (Fsp3) is 0.980. The number of morpholine rings is 1. The molecule has 3 atom stereocenters. The van der Waals surface area contributed by atoms with Gasteiger partial charge in [0.15, 0.2) is 0 Å². The summed E-state index contributed by atoms with van der Waals surface area (Å²) in [7, 11) is 0. The van der Waals surface area contributed by atoms with Crippen molar-refractivity contribution >= 4 is 5.97 Å². The second-order valence-corrected chi connectivity index (χ2v) is 19.2. The van der Waals surface area contributed by atoms with Crippen LogP contribution in [0.5, 0.6) is 0 Å². The molecule has 322 valence electrons. The quantitative estimate of drug-likeness (QED) is 0.0463. The van der Waals surface area contributed by atoms with Gasteiger partial charge in [-0.05, 0) is 80.1 Å². The Kier molecular flexibility index (Phi) is 33.8. The first-order chi connectivity index (χ1) is 26.1. The van der Waals surface area contributed by atoms with Crippen LogP contribution in [0.1, 0.15) is 216 Å². The van der Waals surface area contributed by atoms with Crippen LogP contribution < -0.4 is 0 Å². The number of hydrogen-bond donors (Lipinski definition) is 0. The molecule has 3 unspecified atom stereocenters. The van der Waals surface area contributed by atoms with Crippen LogP contribution in [0.3, 0.4) is 0 Å². The van der Waals surface area contributed by atoms with Crippen LogP contribution in [-0.4, -0.2) is 63.5 Å². The first-order valence-electron chi connectivity index (χ1n) is 24.1. The molecule has 0 bridgehead atoms. The third kappa shape index (κ3) is 31.4. The molecule has 1 rings (SSSR count). The van der Waals surface area contributed by atoms with Gasteiger partial charge >= 0.3 is 5.97 Å². The van der Waals surface area contributed by atoms with E-state index in [1.54, 1.807) is 0 Å². The van der Waals surface area contributed by atoms with E-state index in [0.717, 1.165) is 82.5 Å². The summed E-state index contributed by atoms with van der Waals surface area (Å²) in [4.78, 5) is 14.9. The van der Waals surface area contributed by atoms with Crippen LogP contribution in [0.4, 0.5) is 0 Å². The molecule has 1 saturated heterocycles. The number of ether oxygens (including phenoxy) is 3. The highest BCUT2D eigenvalue weighted by Crippen LogP contribution is 2.25. The molecule has 0 saturated carbocycles. The summed E-state index contributed by atoms with van der Waals surface area (Å²) in [5.41, 5.74) is 0. The van der Waals surface area contributed by atoms with E-state index in [-0.39, 0.29) is 5.97 Å². The topological polar surface area (TPSA) is 48.0 Å². The summed E-state index contributed by atoms with van der Waals surface area (Å²) in [6.45, 7) is 26.3. The summed E-state index contributed by atoms with van der Waals surface area (Å²) in [6.07, 6.45) is 32.5. The standard InChI is InChI=1S/C49H97NO4/c1-42(2)30-32-47(44(5)6)40-53-37-25-19-15-10-9-12-16-20-26-46(28-23-24-34-50-35-38-52-39-36-50)27-21-17-13-11-14-18-22-29-49(51)54-41-48(45(7)8)33-31-43(3)4/h42-48H,9-41H2,1-8H3. The zero-order chi connectivity index (χ0) is 39.7. The van der Waals surface area contributed by atoms with Crippen LogP contribution in [0.15, 0.2) is 0 Å². The zero-order valence-corrected chi connectivity index (χ0v) is 38.0. The van der Waals surface area contributed by atoms with E-state index < -0.39 is 0 Å². The number of unbranched alkanes of at least 4 members (excludes halogenated alkanes) is 14. The van der Waals surface area contributed by atoms with Crippen LogP contribution in [0.25, 0.3) is 0 Å². The molecule has 0 aliphatic carbocycles. The molecule has 5 heteroatoms. The van der Waals surface area contributed by atoms with E-state index in [0.29, 0.717) is 30.8 Å². The van der Waals surface area contributed by atoms with E-state index in [4.69, 9.17) is 14.2 Å². The van der Waals surface area contributed by atoms with Crippen molar-refractivity contribution in [2.45, 2.75) is 216 Å². The van der Waals surface area contributed by atoms with Crippen molar-refractivity contribution in [1.29, 1.82) is 0 Å². The van der Waals surface area contributed by atoms with E-state index in [9.17, 15) is 4.79 Å². The van der Waals surface area contributed by atoms with Gasteiger partial charge in [-0.25, -0.2) is 0 Å². The lowest BCUT2D eigenvalue weighted by molar-refractivity contribution is -0.145. The first kappa shape index (κ1) is 51.4. The lowest BCUT2D eigenvalue weighted by atomic mass is 9.89. The lowest BCUT2D eigenvalue weighted by Crippen LogP contribution is -2.36. The summed E-state index contributed by atoms with van der Waals surface area (Å²) in [6, 6.07) is 0. The third-order valence-electron chi connectivity index (χ3n) is 12.5. The van der Waals surface area contributed by atoms with Crippen molar-refractivity contribution in [2.24, 2.45) is 41.4 Å². The molecule has 0 radical (unpaired) electrons. The van der Waals surface area contributed by atoms with Gasteiger partial charge in [0.05, 0.1) is 19.8 Å². The predicted octanol–water partition coefficient (Wildman–Crippen LogP) is 14.1. The molecule has 1 aliphatic rings. The monoisotopic (exact) mass is 764 g/mol. The lowest BCUT2D eigenvalue weighted by Gasteiger charge is -2.26. The molecule has 1 fully saturated rings. The number of esters is 1. The van der Waals surface area contributed by atoms with Gasteiger partial charge < -0.3 is 14.2 Å². The van der Waals surface area contributed by atoms with Crippen molar-refractivity contribution in [2.75, 3.05) is 52.7 Å². The SMILES string of the molecule is CC(C)CCC(COCCCCCCCCCCC(CCCCCCCCCC(=O)OCC(CCC(C)C)C(C)C)CCCCN1CCOCC1)C(C)C. The van der Waals surface area contributed by atoms with Gasteiger partial charge in [0.25, 0.3) is 0 Å². The van der Waals surface area contributed by atoms with Crippen LogP contribution in [-0.2, 0) is 19.0 Å². The Morgan fingerprint density at radius 3 is 1.46 bits per heavy atom. The Hall–Kier alpha value is -0.650. The zero-order valence-electron chi connectivity index (χ0n) is 38.0. The predicted molar refractivity (Wildman–Crippen MR) is 234 cm³/mol. The van der Waals surface area contributed by atoms with Gasteiger partial charge in [0.2, 0.25) is 0 Å². The normalized spacial score (nSPS) is 15.9. The van der Waals surface area contributed by atoms with E-state index in [2.05, 4.69) is 60.3 Å². The van der Waals surface area contributed by atoms with E-state index >= 15 is 0 Å². The number of nitrogens with zero attached hydrogens (tertiary/aromatic N) is 1. The second kappa shape index (κ2) is 35.5. The molecule has 0 amide bonds. The average molecular weight is 764 g/mol. The van der Waals surface area contributed by atoms with Crippen LogP contribution in [0, 0.1) is 41.4 Å². The maximum absolute atomic E-state index is 12.3. The van der Waals surface area contributed by atoms with Crippen molar-refractivity contribution in [1.82, 2.24) is 4.90 Å². The summed E-state index contributed by atoms with van der Waals surface area (Å²) in [5, 5.41) is 0. The average Bonchev–Trinajstić information content (AvgIpc) is 3.13. The third-order valence-corrected chi connectivity index (χ3v) is 12.5. The molecule has 0 aromatic carbocycles. The Labute approximate surface area is 339 Å². The van der Waals surface area contributed by atoms with Gasteiger partial charge in [-0.3, -0.25) is 9.69 Å². The molecule has 0 spiro atoms. The van der Waals surface area contributed by atoms with E-state index in [1.807, 2.05) is 0 Å². The first-order valence-corrected chi connectivity index (χ1v) is 24.1. The number of rotatable bonds is 38. The van der Waals surface area contributed by atoms with Crippen molar-refractivity contribution in [3.63, 3.8) is 0 Å². The Balaban J connectivity index is 2.16. The fourth-order valence-electron chi connectivity index (χ4n) is 8.13. The highest BCUT2D eigenvalue weighted by molar-refractivity contribution is 5.69. The molecule has 1 aliphatic heterocycles. The molecule has 0 aromatic rings. The van der Waals surface area contributed by atoms with Gasteiger partial charge in [0, 0.05) is 32.7 Å². The number of hydrogen-bond acceptors (Lipinski definition) is 5. The largest absolute Gasteiger partial charge is 0.465 e. The Morgan fingerprint density at radius 1 is 0.519 bits per heavy atom. The van der Waals surface area contributed by atoms with Crippen LogP contribution in [0.2, 0.25) is 0 Å². The maximum atomic E-state index is 12.3. The fourth-order valence-corrected chi connectivity index (χ4v) is 8.13. The maximum Gasteiger partial charge on any atom is 0.305 e. The van der Waals surface area contributed by atoms with Crippen molar-refractivity contribution in [3.8, 4) is 0 Å². The second-order valence-electron chi connectivity index (χ2n) is 19.2. The van der Waals surface area contributed by atoms with Gasteiger partial charge in [0.1, 0.15) is 0 Å². The summed E-state index contributed by atoms with van der Waals surface area (Å²) in [5.74, 6) is 4.95. The highest BCUT2D eigenvalue weighted by Gasteiger charge is 2.17. The Morgan fingerprint density at radius 2 is 0.963 bits per heavy atom. The van der Waals surface area contributed by atoms with E-state index in [1.165, 1.54) is 141 Å². The van der Waals surface area contributed by atoms with Crippen molar-refractivity contribution in [3.05, 3.63) is 0 Å². The minimum Gasteiger partial charge on any atom is -0.465 e. The molecule has 54 heavy (non-hydrogen) atoms. The minimum atomic E-state index is 0.0143. The number of carbonyl (C=O) groups is 1. The highest BCUT2D eigenvalue weighted by atomic mass is 16.5. The molecule has 1 heterocycles. The van der Waals surface area contributed by atoms with Gasteiger partial charge in [-0.15, -0.1) is 0 Å².